The minimum Gasteiger partial charge on any atom is -0.393 e. The second kappa shape index (κ2) is 6.65. The number of anilines is 1. The summed E-state index contributed by atoms with van der Waals surface area (Å²) in [7, 11) is 0. The molecule has 4 saturated carbocycles. The van der Waals surface area contributed by atoms with E-state index in [9.17, 15) is 18.7 Å². The van der Waals surface area contributed by atoms with E-state index in [1.807, 2.05) is 0 Å². The average Bonchev–Trinajstić information content (AvgIpc) is 2.67. The number of halogens is 2. The number of hydrogen-bond acceptors (Lipinski definition) is 4. The molecule has 1 amide bonds. The number of piperidine rings is 1. The summed E-state index contributed by atoms with van der Waals surface area (Å²) in [5.41, 5.74) is -0.180. The lowest BCUT2D eigenvalue weighted by atomic mass is 9.48. The maximum absolute atomic E-state index is 14.1. The minimum absolute atomic E-state index is 0.0816. The van der Waals surface area contributed by atoms with Gasteiger partial charge in [-0.3, -0.25) is 4.79 Å². The summed E-state index contributed by atoms with van der Waals surface area (Å²) in [6.45, 7) is 1.08. The Kier molecular flexibility index (Phi) is 4.34. The van der Waals surface area contributed by atoms with Gasteiger partial charge in [0, 0.05) is 25.2 Å². The fourth-order valence-corrected chi connectivity index (χ4v) is 6.56. The van der Waals surface area contributed by atoms with Crippen LogP contribution in [0.25, 0.3) is 0 Å². The number of aliphatic hydroxyl groups excluding tert-OH is 1. The van der Waals surface area contributed by atoms with Crippen LogP contribution in [0.4, 0.5) is 14.5 Å². The molecule has 5 fully saturated rings. The van der Waals surface area contributed by atoms with Crippen molar-refractivity contribution in [3.8, 4) is 0 Å². The van der Waals surface area contributed by atoms with Crippen LogP contribution in [-0.2, 0) is 4.79 Å². The maximum atomic E-state index is 14.1. The predicted octanol–water partition coefficient (Wildman–Crippen LogP) is 2.63. The molecule has 3 unspecified atom stereocenters. The number of carbonyl (C=O) groups excluding carboxylic acids is 1. The second-order valence-electron chi connectivity index (χ2n) is 9.46. The fourth-order valence-electron chi connectivity index (χ4n) is 6.56. The highest BCUT2D eigenvalue weighted by Gasteiger charge is 2.58. The molecule has 1 aliphatic heterocycles. The first kappa shape index (κ1) is 18.3. The molecule has 5 aliphatic rings. The molecule has 1 saturated heterocycles. The van der Waals surface area contributed by atoms with Crippen LogP contribution in [0.3, 0.4) is 0 Å². The number of nitrogens with one attached hydrogen (secondary N) is 1. The number of rotatable bonds is 3. The number of hydrogen-bond donors (Lipinski definition) is 2. The summed E-state index contributed by atoms with van der Waals surface area (Å²) in [5, 5.41) is 13.7. The van der Waals surface area contributed by atoms with Crippen molar-refractivity contribution < 1.29 is 18.7 Å². The maximum Gasteiger partial charge on any atom is 0.236 e. The molecule has 5 nitrogen and oxygen atoms in total. The van der Waals surface area contributed by atoms with Gasteiger partial charge in [0.25, 0.3) is 0 Å². The highest BCUT2D eigenvalue weighted by Crippen LogP contribution is 2.60. The third-order valence-electron chi connectivity index (χ3n) is 7.59. The summed E-state index contributed by atoms with van der Waals surface area (Å²) in [4.78, 5) is 18.5. The molecule has 1 aromatic heterocycles. The van der Waals surface area contributed by atoms with E-state index in [-0.39, 0.29) is 41.0 Å². The molecule has 1 aromatic rings. The predicted molar refractivity (Wildman–Crippen MR) is 99.5 cm³/mol. The molecule has 0 radical (unpaired) electrons. The van der Waals surface area contributed by atoms with Crippen LogP contribution in [0.15, 0.2) is 12.3 Å². The van der Waals surface area contributed by atoms with Crippen molar-refractivity contribution in [2.75, 3.05) is 18.0 Å². The van der Waals surface area contributed by atoms with Gasteiger partial charge < -0.3 is 15.3 Å². The van der Waals surface area contributed by atoms with Gasteiger partial charge in [0.2, 0.25) is 11.9 Å². The summed E-state index contributed by atoms with van der Waals surface area (Å²) in [6.07, 6.45) is 6.87. The number of amides is 1. The normalized spacial score (nSPS) is 39.2. The molecule has 0 aromatic carbocycles. The Balaban J connectivity index is 1.29. The van der Waals surface area contributed by atoms with E-state index in [0.717, 1.165) is 51.1 Å². The van der Waals surface area contributed by atoms with Gasteiger partial charge in [-0.2, -0.15) is 4.39 Å². The summed E-state index contributed by atoms with van der Waals surface area (Å²) < 4.78 is 27.6. The number of aliphatic hydroxyl groups is 1. The molecular formula is C21H27F2N3O2. The highest BCUT2D eigenvalue weighted by molar-refractivity contribution is 5.83. The van der Waals surface area contributed by atoms with E-state index in [0.29, 0.717) is 19.0 Å². The minimum atomic E-state index is -0.677. The third kappa shape index (κ3) is 2.98. The van der Waals surface area contributed by atoms with Crippen LogP contribution < -0.4 is 10.2 Å². The van der Waals surface area contributed by atoms with Crippen LogP contribution in [0.1, 0.15) is 44.9 Å². The Hall–Kier alpha value is -1.76. The van der Waals surface area contributed by atoms with E-state index in [4.69, 9.17) is 0 Å². The van der Waals surface area contributed by atoms with E-state index in [1.165, 1.54) is 6.07 Å². The van der Waals surface area contributed by atoms with Crippen molar-refractivity contribution in [2.24, 2.45) is 23.2 Å². The summed E-state index contributed by atoms with van der Waals surface area (Å²) in [5.74, 6) is -0.0665. The molecule has 3 atom stereocenters. The Bertz CT molecular complexity index is 773. The zero-order chi connectivity index (χ0) is 19.5. The van der Waals surface area contributed by atoms with E-state index in [2.05, 4.69) is 10.3 Å². The Labute approximate surface area is 163 Å². The second-order valence-corrected chi connectivity index (χ2v) is 9.46. The summed E-state index contributed by atoms with van der Waals surface area (Å²) in [6, 6.07) is 1.09. The Morgan fingerprint density at radius 2 is 2.00 bits per heavy atom. The van der Waals surface area contributed by atoms with Crippen molar-refractivity contribution in [1.29, 1.82) is 0 Å². The van der Waals surface area contributed by atoms with Gasteiger partial charge in [-0.1, -0.05) is 0 Å². The van der Waals surface area contributed by atoms with Gasteiger partial charge in [0.05, 0.1) is 23.4 Å². The zero-order valence-corrected chi connectivity index (χ0v) is 15.9. The first-order valence-electron chi connectivity index (χ1n) is 10.5. The number of pyridine rings is 1. The lowest BCUT2D eigenvalue weighted by molar-refractivity contribution is -0.163. The highest BCUT2D eigenvalue weighted by atomic mass is 19.1. The monoisotopic (exact) mass is 391 g/mol. The van der Waals surface area contributed by atoms with Gasteiger partial charge in [-0.05, 0) is 62.7 Å². The van der Waals surface area contributed by atoms with Crippen molar-refractivity contribution in [1.82, 2.24) is 10.3 Å². The van der Waals surface area contributed by atoms with Crippen molar-refractivity contribution in [3.05, 3.63) is 24.0 Å². The van der Waals surface area contributed by atoms with Crippen LogP contribution in [-0.4, -0.2) is 41.2 Å². The Morgan fingerprint density at radius 3 is 2.75 bits per heavy atom. The lowest BCUT2D eigenvalue weighted by Gasteiger charge is -2.58. The van der Waals surface area contributed by atoms with Crippen LogP contribution in [0.5, 0.6) is 0 Å². The largest absolute Gasteiger partial charge is 0.393 e. The molecule has 28 heavy (non-hydrogen) atoms. The standard InChI is InChI=1S/C21H27F2N3O2/c22-15-6-17(19(23)24-10-15)26-3-1-2-16(11-26)25-20(28)21-7-12-4-13(8-21)18(27)14(5-12)9-21/h6,10,12-14,16,18,27H,1-5,7-9,11H2,(H,25,28). The quantitative estimate of drug-likeness (QED) is 0.778. The van der Waals surface area contributed by atoms with Crippen molar-refractivity contribution in [2.45, 2.75) is 57.1 Å². The average molecular weight is 391 g/mol. The van der Waals surface area contributed by atoms with Gasteiger partial charge >= 0.3 is 0 Å². The van der Waals surface area contributed by atoms with Gasteiger partial charge in [-0.25, -0.2) is 9.37 Å². The van der Waals surface area contributed by atoms with E-state index >= 15 is 0 Å². The Morgan fingerprint density at radius 1 is 1.25 bits per heavy atom. The molecule has 7 heteroatoms. The van der Waals surface area contributed by atoms with Crippen molar-refractivity contribution in [3.63, 3.8) is 0 Å². The van der Waals surface area contributed by atoms with Crippen LogP contribution >= 0.6 is 0 Å². The third-order valence-corrected chi connectivity index (χ3v) is 7.59. The molecule has 2 N–H and O–H groups in total. The van der Waals surface area contributed by atoms with Crippen molar-refractivity contribution >= 4 is 11.6 Å². The molecular weight excluding hydrogens is 364 g/mol. The molecule has 2 heterocycles. The zero-order valence-electron chi connectivity index (χ0n) is 15.9. The fraction of sp³-hybridized carbons (Fsp3) is 0.714. The number of carbonyl (C=O) groups is 1. The number of aromatic nitrogens is 1. The van der Waals surface area contributed by atoms with Crippen LogP contribution in [0.2, 0.25) is 0 Å². The topological polar surface area (TPSA) is 65.5 Å². The number of nitrogens with zero attached hydrogens (tertiary/aromatic N) is 2. The molecule has 6 rings (SSSR count). The molecule has 152 valence electrons. The SMILES string of the molecule is O=C(NC1CCCN(c2cc(F)cnc2F)C1)C12CC3CC(C1)C(O)C(C3)C2. The molecule has 0 spiro atoms. The molecule has 4 bridgehead atoms. The van der Waals surface area contributed by atoms with Gasteiger partial charge in [-0.15, -0.1) is 0 Å². The summed E-state index contributed by atoms with van der Waals surface area (Å²) >= 11 is 0. The van der Waals surface area contributed by atoms with E-state index in [1.54, 1.807) is 4.90 Å². The van der Waals surface area contributed by atoms with Gasteiger partial charge in [0.1, 0.15) is 5.82 Å². The van der Waals surface area contributed by atoms with Crippen LogP contribution in [0, 0.1) is 34.9 Å². The first-order chi connectivity index (χ1) is 13.4. The lowest BCUT2D eigenvalue weighted by Crippen LogP contribution is -2.60. The first-order valence-corrected chi connectivity index (χ1v) is 10.5. The smallest absolute Gasteiger partial charge is 0.236 e. The van der Waals surface area contributed by atoms with Gasteiger partial charge in [0.15, 0.2) is 0 Å². The molecule has 4 aliphatic carbocycles. The van der Waals surface area contributed by atoms with E-state index < -0.39 is 11.8 Å².